The molecule has 0 atom stereocenters. The van der Waals surface area contributed by atoms with E-state index in [2.05, 4.69) is 52.8 Å². The Labute approximate surface area is 125 Å². The molecule has 0 N–H and O–H groups in total. The zero-order valence-corrected chi connectivity index (χ0v) is 13.6. The fourth-order valence-electron chi connectivity index (χ4n) is 1.49. The molecule has 0 radical (unpaired) electrons. The van der Waals surface area contributed by atoms with E-state index in [4.69, 9.17) is 4.74 Å². The number of hydrogen-bond donors (Lipinski definition) is 0. The highest BCUT2D eigenvalue weighted by atomic mass is 79.9. The van der Waals surface area contributed by atoms with Crippen molar-refractivity contribution in [1.29, 1.82) is 0 Å². The third-order valence-electron chi connectivity index (χ3n) is 2.30. The number of nitrogens with zero attached hydrogens (tertiary/aromatic N) is 1. The smallest absolute Gasteiger partial charge is 0.119 e. The van der Waals surface area contributed by atoms with Crippen LogP contribution >= 0.6 is 47.8 Å². The summed E-state index contributed by atoms with van der Waals surface area (Å²) in [6.07, 6.45) is 3.54. The van der Waals surface area contributed by atoms with Gasteiger partial charge in [0.2, 0.25) is 0 Å². The summed E-state index contributed by atoms with van der Waals surface area (Å²) in [4.78, 5) is 4.10. The number of benzene rings is 1. The van der Waals surface area contributed by atoms with Crippen molar-refractivity contribution in [2.45, 2.75) is 0 Å². The van der Waals surface area contributed by atoms with Crippen molar-refractivity contribution in [3.63, 3.8) is 0 Å². The summed E-state index contributed by atoms with van der Waals surface area (Å²) < 4.78 is 8.11. The minimum absolute atomic E-state index is 0.818. The summed E-state index contributed by atoms with van der Waals surface area (Å²) in [6, 6.07) is 5.86. The molecule has 0 bridgehead atoms. The van der Waals surface area contributed by atoms with Crippen molar-refractivity contribution >= 4 is 47.8 Å². The van der Waals surface area contributed by atoms with E-state index in [0.717, 1.165) is 30.3 Å². The molecule has 0 spiro atoms. The molecule has 0 fully saturated rings. The second-order valence-corrected chi connectivity index (χ2v) is 5.89. The van der Waals surface area contributed by atoms with Crippen LogP contribution in [-0.4, -0.2) is 12.1 Å². The maximum absolute atomic E-state index is 5.24. The highest BCUT2D eigenvalue weighted by Crippen LogP contribution is 2.39. The molecule has 0 aliphatic heterocycles. The molecule has 5 heteroatoms. The predicted octanol–water partition coefficient (Wildman–Crippen LogP) is 5.04. The summed E-state index contributed by atoms with van der Waals surface area (Å²) in [5, 5.41) is 0. The van der Waals surface area contributed by atoms with E-state index in [-0.39, 0.29) is 0 Å². The summed E-state index contributed by atoms with van der Waals surface area (Å²) in [5.41, 5.74) is 2.09. The Morgan fingerprint density at radius 1 is 1.00 bits per heavy atom. The third kappa shape index (κ3) is 2.72. The zero-order chi connectivity index (χ0) is 12.4. The van der Waals surface area contributed by atoms with Gasteiger partial charge in [-0.1, -0.05) is 15.9 Å². The van der Waals surface area contributed by atoms with E-state index in [1.165, 1.54) is 0 Å². The predicted molar refractivity (Wildman–Crippen MR) is 79.3 cm³/mol. The highest BCUT2D eigenvalue weighted by molar-refractivity contribution is 9.11. The van der Waals surface area contributed by atoms with Crippen molar-refractivity contribution in [1.82, 2.24) is 4.98 Å². The number of ether oxygens (including phenoxy) is 1. The highest BCUT2D eigenvalue weighted by Gasteiger charge is 2.12. The average Bonchev–Trinajstić information content (AvgIpc) is 2.31. The van der Waals surface area contributed by atoms with Crippen LogP contribution < -0.4 is 4.74 Å². The molecule has 0 amide bonds. The molecule has 0 aliphatic rings. The molecule has 1 aromatic heterocycles. The lowest BCUT2D eigenvalue weighted by Crippen LogP contribution is -1.88. The van der Waals surface area contributed by atoms with Crippen LogP contribution in [0.5, 0.6) is 5.75 Å². The van der Waals surface area contributed by atoms with E-state index >= 15 is 0 Å². The molecule has 2 aromatic rings. The fraction of sp³-hybridized carbons (Fsp3) is 0.0833. The first-order valence-corrected chi connectivity index (χ1v) is 7.14. The van der Waals surface area contributed by atoms with Crippen LogP contribution in [0.3, 0.4) is 0 Å². The SMILES string of the molecule is COc1ccc(Br)c(-c2c(Br)cncc2Br)c1. The number of halogens is 3. The van der Waals surface area contributed by atoms with Gasteiger partial charge in [-0.25, -0.2) is 0 Å². The van der Waals surface area contributed by atoms with Crippen molar-refractivity contribution in [3.8, 4) is 16.9 Å². The number of hydrogen-bond acceptors (Lipinski definition) is 2. The van der Waals surface area contributed by atoms with Crippen molar-refractivity contribution in [2.75, 3.05) is 7.11 Å². The lowest BCUT2D eigenvalue weighted by atomic mass is 10.1. The van der Waals surface area contributed by atoms with Crippen LogP contribution in [0.4, 0.5) is 0 Å². The second-order valence-electron chi connectivity index (χ2n) is 3.32. The van der Waals surface area contributed by atoms with Crippen LogP contribution in [-0.2, 0) is 0 Å². The first-order chi connectivity index (χ1) is 8.13. The topological polar surface area (TPSA) is 22.1 Å². The first-order valence-electron chi connectivity index (χ1n) is 4.76. The Morgan fingerprint density at radius 2 is 1.65 bits per heavy atom. The molecule has 2 nitrogen and oxygen atoms in total. The standard InChI is InChI=1S/C12H8Br3NO/c1-17-7-2-3-9(13)8(4-7)12-10(14)5-16-6-11(12)15/h2-6H,1H3. The van der Waals surface area contributed by atoms with Crippen molar-refractivity contribution in [3.05, 3.63) is 44.0 Å². The Hall–Kier alpha value is -0.390. The maximum Gasteiger partial charge on any atom is 0.119 e. The Balaban J connectivity index is 2.67. The summed E-state index contributed by atoms with van der Waals surface area (Å²) in [7, 11) is 1.66. The van der Waals surface area contributed by atoms with E-state index in [1.807, 2.05) is 18.2 Å². The molecule has 0 saturated carbocycles. The monoisotopic (exact) mass is 419 g/mol. The van der Waals surface area contributed by atoms with Crippen LogP contribution in [0.2, 0.25) is 0 Å². The molecule has 2 rings (SSSR count). The Morgan fingerprint density at radius 3 is 2.24 bits per heavy atom. The molecule has 17 heavy (non-hydrogen) atoms. The Kier molecular flexibility index (Phi) is 4.22. The average molecular weight is 422 g/mol. The van der Waals surface area contributed by atoms with Crippen LogP contribution in [0.15, 0.2) is 44.0 Å². The van der Waals surface area contributed by atoms with E-state index in [9.17, 15) is 0 Å². The van der Waals surface area contributed by atoms with Gasteiger partial charge in [0.25, 0.3) is 0 Å². The maximum atomic E-state index is 5.24. The van der Waals surface area contributed by atoms with Gasteiger partial charge in [0.15, 0.2) is 0 Å². The fourth-order valence-corrected chi connectivity index (χ4v) is 3.29. The van der Waals surface area contributed by atoms with E-state index in [1.54, 1.807) is 19.5 Å². The van der Waals surface area contributed by atoms with Gasteiger partial charge in [0, 0.05) is 36.9 Å². The van der Waals surface area contributed by atoms with Crippen LogP contribution in [0.25, 0.3) is 11.1 Å². The van der Waals surface area contributed by atoms with Gasteiger partial charge in [-0.2, -0.15) is 0 Å². The summed E-state index contributed by atoms with van der Waals surface area (Å²) in [5.74, 6) is 0.818. The molecule has 1 aromatic carbocycles. The van der Waals surface area contributed by atoms with Gasteiger partial charge in [-0.15, -0.1) is 0 Å². The second kappa shape index (κ2) is 5.50. The number of methoxy groups -OCH3 is 1. The number of pyridine rings is 1. The minimum atomic E-state index is 0.818. The molecule has 0 aliphatic carbocycles. The van der Waals surface area contributed by atoms with Gasteiger partial charge in [-0.05, 0) is 50.1 Å². The van der Waals surface area contributed by atoms with Gasteiger partial charge >= 0.3 is 0 Å². The minimum Gasteiger partial charge on any atom is -0.497 e. The van der Waals surface area contributed by atoms with Crippen molar-refractivity contribution < 1.29 is 4.74 Å². The van der Waals surface area contributed by atoms with Gasteiger partial charge < -0.3 is 4.74 Å². The number of rotatable bonds is 2. The van der Waals surface area contributed by atoms with Gasteiger partial charge in [0.05, 0.1) is 7.11 Å². The third-order valence-corrected chi connectivity index (χ3v) is 4.19. The first kappa shape index (κ1) is 13.1. The van der Waals surface area contributed by atoms with E-state index in [0.29, 0.717) is 0 Å². The lowest BCUT2D eigenvalue weighted by Gasteiger charge is -2.10. The lowest BCUT2D eigenvalue weighted by molar-refractivity contribution is 0.415. The molecular formula is C12H8Br3NO. The quantitative estimate of drug-likeness (QED) is 0.677. The largest absolute Gasteiger partial charge is 0.497 e. The zero-order valence-electron chi connectivity index (χ0n) is 8.88. The van der Waals surface area contributed by atoms with Gasteiger partial charge in [-0.3, -0.25) is 4.98 Å². The van der Waals surface area contributed by atoms with E-state index < -0.39 is 0 Å². The number of aromatic nitrogens is 1. The van der Waals surface area contributed by atoms with Gasteiger partial charge in [0.1, 0.15) is 5.75 Å². The molecule has 0 unspecified atom stereocenters. The Bertz CT molecular complexity index is 537. The van der Waals surface area contributed by atoms with Crippen molar-refractivity contribution in [2.24, 2.45) is 0 Å². The molecule has 1 heterocycles. The molecular weight excluding hydrogens is 414 g/mol. The van der Waals surface area contributed by atoms with Crippen LogP contribution in [0, 0.1) is 0 Å². The summed E-state index contributed by atoms with van der Waals surface area (Å²) >= 11 is 10.6. The molecule has 0 saturated heterocycles. The normalized spacial score (nSPS) is 10.4. The summed E-state index contributed by atoms with van der Waals surface area (Å²) in [6.45, 7) is 0. The molecule has 88 valence electrons. The van der Waals surface area contributed by atoms with Crippen LogP contribution in [0.1, 0.15) is 0 Å².